The molecule has 2 fully saturated rings. The number of alkyl halides is 3. The molecule has 11 heteroatoms. The van der Waals surface area contributed by atoms with Crippen molar-refractivity contribution >= 4 is 51.4 Å². The highest BCUT2D eigenvalue weighted by Gasteiger charge is 2.43. The van der Waals surface area contributed by atoms with E-state index in [1.165, 1.54) is 28.6 Å². The van der Waals surface area contributed by atoms with Gasteiger partial charge in [0.15, 0.2) is 5.17 Å². The lowest BCUT2D eigenvalue weighted by Gasteiger charge is -2.40. The molecule has 0 radical (unpaired) electrons. The third-order valence-electron chi connectivity index (χ3n) is 7.16. The summed E-state index contributed by atoms with van der Waals surface area (Å²) in [7, 11) is 2.13. The molecule has 6 rings (SSSR count). The smallest absolute Gasteiger partial charge is 0.342 e. The van der Waals surface area contributed by atoms with Gasteiger partial charge in [0.2, 0.25) is 0 Å². The molecule has 0 saturated carbocycles. The van der Waals surface area contributed by atoms with Crippen molar-refractivity contribution in [1.29, 1.82) is 0 Å². The maximum atomic E-state index is 13.5. The van der Waals surface area contributed by atoms with Crippen molar-refractivity contribution < 1.29 is 18.0 Å². The summed E-state index contributed by atoms with van der Waals surface area (Å²) in [6.07, 6.45) is 1.15. The number of hydrogen-bond donors (Lipinski definition) is 0. The number of fused-ring (bicyclic) bond motifs is 3. The number of carbonyl (C=O) groups excluding carboxylic acids is 1. The molecule has 3 aliphatic heterocycles. The minimum absolute atomic E-state index is 0.0332. The zero-order chi connectivity index (χ0) is 25.9. The number of carbonyl (C=O) groups is 1. The third kappa shape index (κ3) is 4.66. The molecule has 2 aromatic carbocycles. The van der Waals surface area contributed by atoms with E-state index in [-0.39, 0.29) is 23.0 Å². The van der Waals surface area contributed by atoms with Crippen LogP contribution >= 0.6 is 23.4 Å². The highest BCUT2D eigenvalue weighted by Crippen LogP contribution is 2.38. The van der Waals surface area contributed by atoms with E-state index < -0.39 is 11.7 Å². The zero-order valence-electron chi connectivity index (χ0n) is 19.9. The monoisotopic (exact) mass is 545 g/mol. The Kier molecular flexibility index (Phi) is 6.08. The first-order valence-electron chi connectivity index (χ1n) is 12.0. The maximum Gasteiger partial charge on any atom is 0.416 e. The molecule has 2 saturated heterocycles. The minimum atomic E-state index is -4.52. The van der Waals surface area contributed by atoms with Crippen LogP contribution in [-0.4, -0.2) is 62.9 Å². The number of halogens is 4. The van der Waals surface area contributed by atoms with Crippen molar-refractivity contribution in [2.45, 2.75) is 37.6 Å². The number of nitrogens with zero attached hydrogens (tertiary/aromatic N) is 5. The van der Waals surface area contributed by atoms with Gasteiger partial charge >= 0.3 is 6.18 Å². The molecule has 6 nitrogen and oxygen atoms in total. The van der Waals surface area contributed by atoms with Gasteiger partial charge in [-0.05, 0) is 73.1 Å². The minimum Gasteiger partial charge on any atom is -0.342 e. The summed E-state index contributed by atoms with van der Waals surface area (Å²) in [5, 5.41) is 5.91. The van der Waals surface area contributed by atoms with Crippen molar-refractivity contribution in [2.75, 3.05) is 20.1 Å². The van der Waals surface area contributed by atoms with Crippen LogP contribution in [-0.2, 0) is 17.5 Å². The lowest BCUT2D eigenvalue weighted by molar-refractivity contribution is -0.138. The lowest BCUT2D eigenvalue weighted by Crippen LogP contribution is -2.53. The van der Waals surface area contributed by atoms with Crippen LogP contribution in [0.2, 0.25) is 5.02 Å². The Balaban J connectivity index is 1.22. The molecule has 37 heavy (non-hydrogen) atoms. The molecule has 1 amide bonds. The normalized spacial score (nSPS) is 23.5. The average Bonchev–Trinajstić information content (AvgIpc) is 3.48. The van der Waals surface area contributed by atoms with Gasteiger partial charge in [0.1, 0.15) is 0 Å². The highest BCUT2D eigenvalue weighted by atomic mass is 35.5. The number of aliphatic imine (C=N–C) groups is 1. The Morgan fingerprint density at radius 2 is 1.89 bits per heavy atom. The van der Waals surface area contributed by atoms with Gasteiger partial charge in [-0.15, -0.1) is 0 Å². The summed E-state index contributed by atoms with van der Waals surface area (Å²) in [5.74, 6) is -0.239. The predicted molar refractivity (Wildman–Crippen MR) is 139 cm³/mol. The van der Waals surface area contributed by atoms with E-state index in [0.29, 0.717) is 22.5 Å². The number of aromatic nitrogens is 2. The quantitative estimate of drug-likeness (QED) is 0.407. The number of likely N-dealkylation sites (tertiary alicyclic amines) is 1. The number of rotatable bonds is 3. The Bertz CT molecular complexity index is 1450. The fraction of sp³-hybridized carbons (Fsp3) is 0.346. The van der Waals surface area contributed by atoms with Crippen molar-refractivity contribution in [3.8, 4) is 0 Å². The van der Waals surface area contributed by atoms with Gasteiger partial charge in [-0.3, -0.25) is 9.48 Å². The van der Waals surface area contributed by atoms with Gasteiger partial charge in [0.05, 0.1) is 28.7 Å². The maximum absolute atomic E-state index is 13.5. The Hall–Kier alpha value is -2.82. The first kappa shape index (κ1) is 24.5. The van der Waals surface area contributed by atoms with Crippen LogP contribution in [0.4, 0.5) is 13.2 Å². The van der Waals surface area contributed by atoms with Gasteiger partial charge in [-0.25, -0.2) is 0 Å². The Morgan fingerprint density at radius 3 is 2.62 bits per heavy atom. The van der Waals surface area contributed by atoms with E-state index in [9.17, 15) is 18.0 Å². The Morgan fingerprint density at radius 1 is 1.14 bits per heavy atom. The second kappa shape index (κ2) is 9.18. The van der Waals surface area contributed by atoms with Gasteiger partial charge in [0.25, 0.3) is 5.91 Å². The molecular weight excluding hydrogens is 523 g/mol. The number of piperazine rings is 1. The van der Waals surface area contributed by atoms with Crippen molar-refractivity contribution in [3.05, 3.63) is 69.2 Å². The molecule has 0 spiro atoms. The molecule has 2 atom stereocenters. The number of amidine groups is 1. The number of benzene rings is 2. The second-order valence-electron chi connectivity index (χ2n) is 9.74. The van der Waals surface area contributed by atoms with Crippen LogP contribution in [0.1, 0.15) is 29.5 Å². The largest absolute Gasteiger partial charge is 0.416 e. The summed E-state index contributed by atoms with van der Waals surface area (Å²) in [4.78, 5) is 22.3. The summed E-state index contributed by atoms with van der Waals surface area (Å²) in [5.41, 5.74) is 0.819. The standard InChI is InChI=1S/C26H23ClF3N5OS/c1-33-13-19-5-6-20(14-33)35(19)25-32-24(36)23(37-25)9-15-2-7-22-17(8-15)11-31-34(22)12-16-3-4-18(27)10-21(16)26(28,29)30/h2-4,7-11,19-20H,5-6,12-14H2,1H3/t19-,20+. The highest BCUT2D eigenvalue weighted by molar-refractivity contribution is 8.18. The first-order chi connectivity index (χ1) is 17.7. The summed E-state index contributed by atoms with van der Waals surface area (Å²) >= 11 is 7.22. The van der Waals surface area contributed by atoms with Crippen LogP contribution in [0.3, 0.4) is 0 Å². The van der Waals surface area contributed by atoms with Gasteiger partial charge in [0, 0.05) is 35.6 Å². The van der Waals surface area contributed by atoms with Gasteiger partial charge < -0.3 is 9.80 Å². The van der Waals surface area contributed by atoms with Crippen LogP contribution in [0, 0.1) is 0 Å². The van der Waals surface area contributed by atoms with E-state index in [0.717, 1.165) is 48.1 Å². The zero-order valence-corrected chi connectivity index (χ0v) is 21.4. The summed E-state index contributed by atoms with van der Waals surface area (Å²) in [6.45, 7) is 1.91. The fourth-order valence-electron chi connectivity index (χ4n) is 5.52. The van der Waals surface area contributed by atoms with Gasteiger partial charge in [-0.2, -0.15) is 23.3 Å². The number of hydrogen-bond acceptors (Lipinski definition) is 5. The van der Waals surface area contributed by atoms with Crippen molar-refractivity contribution in [1.82, 2.24) is 19.6 Å². The van der Waals surface area contributed by atoms with E-state index in [4.69, 9.17) is 11.6 Å². The van der Waals surface area contributed by atoms with Crippen LogP contribution < -0.4 is 0 Å². The molecule has 3 aromatic rings. The molecule has 0 unspecified atom stereocenters. The van der Waals surface area contributed by atoms with E-state index in [2.05, 4.69) is 26.9 Å². The van der Waals surface area contributed by atoms with E-state index >= 15 is 0 Å². The molecule has 2 bridgehead atoms. The van der Waals surface area contributed by atoms with Crippen LogP contribution in [0.15, 0.2) is 52.5 Å². The summed E-state index contributed by atoms with van der Waals surface area (Å²) in [6, 6.07) is 10.1. The topological polar surface area (TPSA) is 53.7 Å². The molecule has 3 aliphatic rings. The van der Waals surface area contributed by atoms with E-state index in [1.54, 1.807) is 6.20 Å². The molecule has 4 heterocycles. The molecule has 1 aromatic heterocycles. The van der Waals surface area contributed by atoms with Gasteiger partial charge in [-0.1, -0.05) is 23.7 Å². The third-order valence-corrected chi connectivity index (χ3v) is 8.39. The number of amides is 1. The number of thioether (sulfide) groups is 1. The van der Waals surface area contributed by atoms with Crippen LogP contribution in [0.5, 0.6) is 0 Å². The average molecular weight is 546 g/mol. The number of likely N-dealkylation sites (N-methyl/N-ethyl adjacent to an activating group) is 1. The molecular formula is C26H23ClF3N5OS. The van der Waals surface area contributed by atoms with Crippen molar-refractivity contribution in [3.63, 3.8) is 0 Å². The molecule has 192 valence electrons. The van der Waals surface area contributed by atoms with E-state index in [1.807, 2.05) is 24.3 Å². The SMILES string of the molecule is CN1C[C@H]2CC[C@@H](C1)N2C1=NC(=O)C(=Cc2ccc3c(cnn3Cc3ccc(Cl)cc3C(F)(F)F)c2)S1. The molecule has 0 aliphatic carbocycles. The fourth-order valence-corrected chi connectivity index (χ4v) is 6.75. The lowest BCUT2D eigenvalue weighted by atomic mass is 10.1. The van der Waals surface area contributed by atoms with Crippen LogP contribution in [0.25, 0.3) is 17.0 Å². The second-order valence-corrected chi connectivity index (χ2v) is 11.2. The predicted octanol–water partition coefficient (Wildman–Crippen LogP) is 5.51. The Labute approximate surface area is 220 Å². The molecule has 0 N–H and O–H groups in total. The first-order valence-corrected chi connectivity index (χ1v) is 13.2. The van der Waals surface area contributed by atoms with Crippen molar-refractivity contribution in [2.24, 2.45) is 4.99 Å². The summed E-state index contributed by atoms with van der Waals surface area (Å²) < 4.78 is 42.1.